The van der Waals surface area contributed by atoms with Crippen molar-refractivity contribution in [3.05, 3.63) is 65.7 Å². The molecule has 1 heterocycles. The van der Waals surface area contributed by atoms with Crippen LogP contribution in [0.15, 0.2) is 54.6 Å². The molecule has 0 saturated heterocycles. The summed E-state index contributed by atoms with van der Waals surface area (Å²) in [7, 11) is 0. The second kappa shape index (κ2) is 7.63. The summed E-state index contributed by atoms with van der Waals surface area (Å²) in [4.78, 5) is 17.2. The zero-order valence-corrected chi connectivity index (χ0v) is 14.6. The smallest absolute Gasteiger partial charge is 0.241 e. The van der Waals surface area contributed by atoms with E-state index in [0.717, 1.165) is 31.6 Å². The van der Waals surface area contributed by atoms with Gasteiger partial charge in [-0.25, -0.2) is 0 Å². The van der Waals surface area contributed by atoms with Gasteiger partial charge in [0.15, 0.2) is 0 Å². The maximum atomic E-state index is 13.0. The van der Waals surface area contributed by atoms with Gasteiger partial charge >= 0.3 is 0 Å². The molecule has 0 radical (unpaired) electrons. The highest BCUT2D eigenvalue weighted by molar-refractivity contribution is 5.96. The van der Waals surface area contributed by atoms with Gasteiger partial charge in [0.2, 0.25) is 5.91 Å². The number of amides is 1. The van der Waals surface area contributed by atoms with Crippen molar-refractivity contribution in [3.63, 3.8) is 0 Å². The monoisotopic (exact) mass is 322 g/mol. The van der Waals surface area contributed by atoms with E-state index in [1.165, 1.54) is 11.1 Å². The second-order valence-electron chi connectivity index (χ2n) is 6.76. The molecule has 3 nitrogen and oxygen atoms in total. The third-order valence-electron chi connectivity index (χ3n) is 4.71. The fourth-order valence-corrected chi connectivity index (χ4v) is 3.29. The van der Waals surface area contributed by atoms with Crippen LogP contribution in [-0.2, 0) is 17.8 Å². The summed E-state index contributed by atoms with van der Waals surface area (Å²) >= 11 is 0. The van der Waals surface area contributed by atoms with Crippen molar-refractivity contribution in [1.82, 2.24) is 4.90 Å². The van der Waals surface area contributed by atoms with E-state index >= 15 is 0 Å². The van der Waals surface area contributed by atoms with Crippen molar-refractivity contribution in [3.8, 4) is 0 Å². The normalized spacial score (nSPS) is 14.1. The molecule has 0 bridgehead atoms. The van der Waals surface area contributed by atoms with Crippen LogP contribution < -0.4 is 4.90 Å². The number of carbonyl (C=O) groups excluding carboxylic acids is 1. The first kappa shape index (κ1) is 16.7. The van der Waals surface area contributed by atoms with Gasteiger partial charge in [-0.1, -0.05) is 48.5 Å². The lowest BCUT2D eigenvalue weighted by Gasteiger charge is -2.33. The van der Waals surface area contributed by atoms with Crippen LogP contribution in [0.1, 0.15) is 31.4 Å². The highest BCUT2D eigenvalue weighted by Gasteiger charge is 2.24. The van der Waals surface area contributed by atoms with Gasteiger partial charge in [0.05, 0.1) is 6.54 Å². The van der Waals surface area contributed by atoms with Gasteiger partial charge in [0, 0.05) is 24.8 Å². The first-order chi connectivity index (χ1) is 11.6. The maximum absolute atomic E-state index is 13.0. The molecule has 1 aliphatic rings. The topological polar surface area (TPSA) is 23.6 Å². The zero-order chi connectivity index (χ0) is 16.9. The van der Waals surface area contributed by atoms with Crippen LogP contribution in [0, 0.1) is 0 Å². The number of benzene rings is 2. The lowest BCUT2D eigenvalue weighted by Crippen LogP contribution is -2.44. The van der Waals surface area contributed by atoms with E-state index in [1.54, 1.807) is 0 Å². The molecular formula is C21H26N2O. The molecule has 1 amide bonds. The van der Waals surface area contributed by atoms with Gasteiger partial charge < -0.3 is 4.90 Å². The molecule has 0 fully saturated rings. The number of anilines is 1. The predicted molar refractivity (Wildman–Crippen MR) is 99.1 cm³/mol. The molecule has 0 saturated carbocycles. The Morgan fingerprint density at radius 3 is 2.54 bits per heavy atom. The molecular weight excluding hydrogens is 296 g/mol. The van der Waals surface area contributed by atoms with Crippen LogP contribution in [0.5, 0.6) is 0 Å². The van der Waals surface area contributed by atoms with Crippen LogP contribution in [0.25, 0.3) is 0 Å². The third kappa shape index (κ3) is 3.85. The number of para-hydroxylation sites is 1. The summed E-state index contributed by atoms with van der Waals surface area (Å²) in [5.74, 6) is 0.201. The molecule has 1 aliphatic heterocycles. The van der Waals surface area contributed by atoms with Crippen LogP contribution in [-0.4, -0.2) is 29.9 Å². The van der Waals surface area contributed by atoms with Gasteiger partial charge in [-0.3, -0.25) is 9.69 Å². The van der Waals surface area contributed by atoms with Crippen LogP contribution in [0.3, 0.4) is 0 Å². The molecule has 2 aromatic carbocycles. The Morgan fingerprint density at radius 2 is 1.79 bits per heavy atom. The molecule has 0 aromatic heterocycles. The lowest BCUT2D eigenvalue weighted by molar-refractivity contribution is -0.120. The highest BCUT2D eigenvalue weighted by atomic mass is 16.2. The maximum Gasteiger partial charge on any atom is 0.241 e. The first-order valence-electron chi connectivity index (χ1n) is 8.81. The molecule has 2 aromatic rings. The van der Waals surface area contributed by atoms with Crippen molar-refractivity contribution < 1.29 is 4.79 Å². The van der Waals surface area contributed by atoms with Gasteiger partial charge in [0.1, 0.15) is 0 Å². The Balaban J connectivity index is 1.73. The summed E-state index contributed by atoms with van der Waals surface area (Å²) in [5.41, 5.74) is 3.63. The number of aryl methyl sites for hydroxylation is 1. The average Bonchev–Trinajstić information content (AvgIpc) is 2.61. The van der Waals surface area contributed by atoms with Crippen molar-refractivity contribution in [2.24, 2.45) is 0 Å². The van der Waals surface area contributed by atoms with Crippen molar-refractivity contribution in [1.29, 1.82) is 0 Å². The summed E-state index contributed by atoms with van der Waals surface area (Å²) in [6.07, 6.45) is 2.11. The summed E-state index contributed by atoms with van der Waals surface area (Å²) in [6, 6.07) is 19.0. The number of carbonyl (C=O) groups is 1. The molecule has 0 N–H and O–H groups in total. The number of fused-ring (bicyclic) bond motifs is 1. The fraction of sp³-hybridized carbons (Fsp3) is 0.381. The number of hydrogen-bond acceptors (Lipinski definition) is 2. The Kier molecular flexibility index (Phi) is 5.31. The van der Waals surface area contributed by atoms with E-state index in [2.05, 4.69) is 61.2 Å². The Hall–Kier alpha value is -2.13. The first-order valence-corrected chi connectivity index (χ1v) is 8.81. The average molecular weight is 322 g/mol. The van der Waals surface area contributed by atoms with E-state index in [4.69, 9.17) is 0 Å². The van der Waals surface area contributed by atoms with Crippen LogP contribution in [0.4, 0.5) is 5.69 Å². The van der Waals surface area contributed by atoms with E-state index in [-0.39, 0.29) is 5.91 Å². The van der Waals surface area contributed by atoms with Gasteiger partial charge in [0.25, 0.3) is 0 Å². The number of rotatable bonds is 5. The molecule has 0 spiro atoms. The van der Waals surface area contributed by atoms with Crippen molar-refractivity contribution in [2.45, 2.75) is 39.3 Å². The molecule has 126 valence electrons. The summed E-state index contributed by atoms with van der Waals surface area (Å²) in [6.45, 7) is 6.40. The van der Waals surface area contributed by atoms with E-state index in [9.17, 15) is 4.79 Å². The highest BCUT2D eigenvalue weighted by Crippen LogP contribution is 2.27. The predicted octanol–water partition coefficient (Wildman–Crippen LogP) is 3.88. The summed E-state index contributed by atoms with van der Waals surface area (Å²) < 4.78 is 0. The number of nitrogens with zero attached hydrogens (tertiary/aromatic N) is 2. The molecule has 24 heavy (non-hydrogen) atoms. The van der Waals surface area contributed by atoms with Gasteiger partial charge in [-0.15, -0.1) is 0 Å². The van der Waals surface area contributed by atoms with Crippen LogP contribution in [0.2, 0.25) is 0 Å². The van der Waals surface area contributed by atoms with E-state index in [1.807, 2.05) is 17.0 Å². The second-order valence-corrected chi connectivity index (χ2v) is 6.76. The Labute approximate surface area is 144 Å². The quantitative estimate of drug-likeness (QED) is 0.834. The molecule has 0 atom stereocenters. The molecule has 3 rings (SSSR count). The minimum Gasteiger partial charge on any atom is -0.311 e. The largest absolute Gasteiger partial charge is 0.311 e. The minimum atomic E-state index is 0.201. The van der Waals surface area contributed by atoms with Gasteiger partial charge in [-0.05, 0) is 43.9 Å². The van der Waals surface area contributed by atoms with E-state index < -0.39 is 0 Å². The summed E-state index contributed by atoms with van der Waals surface area (Å²) in [5, 5.41) is 0. The third-order valence-corrected chi connectivity index (χ3v) is 4.71. The standard InChI is InChI=1S/C21H26N2O/c1-17(2)22(15-18-9-4-3-5-10-18)16-21(24)23-14-8-12-19-11-6-7-13-20(19)23/h3-7,9-11,13,17H,8,12,14-16H2,1-2H3. The number of hydrogen-bond donors (Lipinski definition) is 0. The van der Waals surface area contributed by atoms with Crippen molar-refractivity contribution in [2.75, 3.05) is 18.0 Å². The fourth-order valence-electron chi connectivity index (χ4n) is 3.29. The Bertz CT molecular complexity index is 681. The Morgan fingerprint density at radius 1 is 1.08 bits per heavy atom. The van der Waals surface area contributed by atoms with Gasteiger partial charge in [-0.2, -0.15) is 0 Å². The molecule has 3 heteroatoms. The van der Waals surface area contributed by atoms with Crippen molar-refractivity contribution >= 4 is 11.6 Å². The van der Waals surface area contributed by atoms with Crippen LogP contribution >= 0.6 is 0 Å². The minimum absolute atomic E-state index is 0.201. The SMILES string of the molecule is CC(C)N(CC(=O)N1CCCc2ccccc21)Cc1ccccc1. The van der Waals surface area contributed by atoms with E-state index in [0.29, 0.717) is 12.6 Å². The molecule has 0 unspecified atom stereocenters. The zero-order valence-electron chi connectivity index (χ0n) is 14.6. The lowest BCUT2D eigenvalue weighted by atomic mass is 10.0. The molecule has 0 aliphatic carbocycles.